The van der Waals surface area contributed by atoms with Crippen LogP contribution in [0.25, 0.3) is 22.3 Å². The van der Waals surface area contributed by atoms with E-state index in [4.69, 9.17) is 0 Å². The lowest BCUT2D eigenvalue weighted by molar-refractivity contribution is 0.0928. The summed E-state index contributed by atoms with van der Waals surface area (Å²) in [6, 6.07) is 19.9. The van der Waals surface area contributed by atoms with E-state index in [1.807, 2.05) is 66.8 Å². The second-order valence-corrected chi connectivity index (χ2v) is 6.74. The van der Waals surface area contributed by atoms with Crippen LogP contribution in [-0.4, -0.2) is 15.3 Å². The standard InChI is InChI=1S/C24H20O3/c25-19-11-7-17(8-12-19)21-5-4-6-22(18-9-13-20(26)14-10-18)23(21)24(27)15-2-1-3-16-24/h1-15,25-27H,16H2. The van der Waals surface area contributed by atoms with Gasteiger partial charge in [-0.05, 0) is 52.6 Å². The van der Waals surface area contributed by atoms with E-state index in [9.17, 15) is 15.3 Å². The van der Waals surface area contributed by atoms with Crippen LogP contribution in [0.4, 0.5) is 0 Å². The number of hydrogen-bond acceptors (Lipinski definition) is 3. The van der Waals surface area contributed by atoms with Gasteiger partial charge in [0.15, 0.2) is 0 Å². The Morgan fingerprint density at radius 3 is 1.63 bits per heavy atom. The number of hydrogen-bond donors (Lipinski definition) is 3. The lowest BCUT2D eigenvalue weighted by Crippen LogP contribution is -2.25. The SMILES string of the molecule is Oc1ccc(-c2cccc(-c3ccc(O)cc3)c2C2(O)C=CC=CC2)cc1. The molecule has 1 atom stereocenters. The zero-order valence-electron chi connectivity index (χ0n) is 14.7. The van der Waals surface area contributed by atoms with Gasteiger partial charge in [-0.3, -0.25) is 0 Å². The fraction of sp³-hybridized carbons (Fsp3) is 0.0833. The van der Waals surface area contributed by atoms with Crippen LogP contribution in [0.15, 0.2) is 91.0 Å². The van der Waals surface area contributed by atoms with E-state index in [0.717, 1.165) is 27.8 Å². The lowest BCUT2D eigenvalue weighted by Gasteiger charge is -2.31. The molecule has 0 spiro atoms. The van der Waals surface area contributed by atoms with E-state index in [1.165, 1.54) is 0 Å². The summed E-state index contributed by atoms with van der Waals surface area (Å²) in [7, 11) is 0. The van der Waals surface area contributed by atoms with Gasteiger partial charge in [-0.1, -0.05) is 60.7 Å². The quantitative estimate of drug-likeness (QED) is 0.609. The van der Waals surface area contributed by atoms with Gasteiger partial charge in [0.1, 0.15) is 17.1 Å². The summed E-state index contributed by atoms with van der Waals surface area (Å²) in [6.45, 7) is 0. The summed E-state index contributed by atoms with van der Waals surface area (Å²) in [5, 5.41) is 30.8. The van der Waals surface area contributed by atoms with Gasteiger partial charge in [-0.15, -0.1) is 0 Å². The number of benzene rings is 3. The summed E-state index contributed by atoms with van der Waals surface area (Å²) in [4.78, 5) is 0. The van der Waals surface area contributed by atoms with E-state index in [-0.39, 0.29) is 11.5 Å². The summed E-state index contributed by atoms with van der Waals surface area (Å²) in [6.07, 6.45) is 8.03. The van der Waals surface area contributed by atoms with Crippen molar-refractivity contribution in [2.45, 2.75) is 12.0 Å². The Morgan fingerprint density at radius 1 is 0.667 bits per heavy atom. The van der Waals surface area contributed by atoms with Crippen LogP contribution in [-0.2, 0) is 5.60 Å². The Kier molecular flexibility index (Phi) is 4.30. The maximum atomic E-state index is 11.5. The Morgan fingerprint density at radius 2 is 1.19 bits per heavy atom. The first-order chi connectivity index (χ1) is 13.1. The molecule has 27 heavy (non-hydrogen) atoms. The van der Waals surface area contributed by atoms with Gasteiger partial charge >= 0.3 is 0 Å². The lowest BCUT2D eigenvalue weighted by atomic mass is 9.78. The minimum atomic E-state index is -1.14. The molecule has 3 heteroatoms. The third kappa shape index (κ3) is 3.25. The molecule has 1 aliphatic carbocycles. The minimum Gasteiger partial charge on any atom is -0.508 e. The van der Waals surface area contributed by atoms with Crippen molar-refractivity contribution in [3.05, 3.63) is 96.6 Å². The highest BCUT2D eigenvalue weighted by atomic mass is 16.3. The normalized spacial score (nSPS) is 18.6. The Bertz CT molecular complexity index is 951. The van der Waals surface area contributed by atoms with E-state index in [0.29, 0.717) is 6.42 Å². The van der Waals surface area contributed by atoms with Gasteiger partial charge in [0.25, 0.3) is 0 Å². The van der Waals surface area contributed by atoms with Crippen LogP contribution < -0.4 is 0 Å². The highest BCUT2D eigenvalue weighted by Crippen LogP contribution is 2.43. The van der Waals surface area contributed by atoms with Gasteiger partial charge < -0.3 is 15.3 Å². The van der Waals surface area contributed by atoms with Gasteiger partial charge in [0.2, 0.25) is 0 Å². The number of aromatic hydroxyl groups is 2. The number of allylic oxidation sites excluding steroid dienone is 2. The topological polar surface area (TPSA) is 60.7 Å². The molecule has 4 rings (SSSR count). The molecular weight excluding hydrogens is 336 g/mol. The molecule has 3 aromatic carbocycles. The number of aliphatic hydroxyl groups is 1. The predicted molar refractivity (Wildman–Crippen MR) is 107 cm³/mol. The first-order valence-electron chi connectivity index (χ1n) is 8.86. The second-order valence-electron chi connectivity index (χ2n) is 6.74. The molecule has 0 heterocycles. The zero-order chi connectivity index (χ0) is 18.9. The van der Waals surface area contributed by atoms with Crippen LogP contribution >= 0.6 is 0 Å². The minimum absolute atomic E-state index is 0.203. The highest BCUT2D eigenvalue weighted by Gasteiger charge is 2.32. The molecule has 3 N–H and O–H groups in total. The van der Waals surface area contributed by atoms with E-state index < -0.39 is 5.60 Å². The monoisotopic (exact) mass is 356 g/mol. The van der Waals surface area contributed by atoms with Crippen molar-refractivity contribution in [2.24, 2.45) is 0 Å². The maximum Gasteiger partial charge on any atom is 0.115 e. The van der Waals surface area contributed by atoms with Crippen molar-refractivity contribution in [3.63, 3.8) is 0 Å². The first kappa shape index (κ1) is 17.1. The maximum absolute atomic E-state index is 11.5. The second kappa shape index (κ2) is 6.78. The molecule has 0 amide bonds. The fourth-order valence-corrected chi connectivity index (χ4v) is 3.58. The fourth-order valence-electron chi connectivity index (χ4n) is 3.58. The van der Waals surface area contributed by atoms with Crippen molar-refractivity contribution in [1.82, 2.24) is 0 Å². The Labute approximate surface area is 158 Å². The van der Waals surface area contributed by atoms with Crippen LogP contribution in [0.1, 0.15) is 12.0 Å². The molecule has 0 aliphatic heterocycles. The average Bonchev–Trinajstić information content (AvgIpc) is 2.69. The molecule has 1 unspecified atom stereocenters. The average molecular weight is 356 g/mol. The number of phenolic OH excluding ortho intramolecular Hbond substituents is 2. The number of phenols is 2. The molecule has 0 radical (unpaired) electrons. The summed E-state index contributed by atoms with van der Waals surface area (Å²) in [5.41, 5.74) is 3.31. The Balaban J connectivity index is 1.98. The van der Waals surface area contributed by atoms with Gasteiger partial charge in [0, 0.05) is 12.0 Å². The smallest absolute Gasteiger partial charge is 0.115 e. The van der Waals surface area contributed by atoms with Crippen molar-refractivity contribution in [1.29, 1.82) is 0 Å². The van der Waals surface area contributed by atoms with Crippen molar-refractivity contribution in [2.75, 3.05) is 0 Å². The molecule has 134 valence electrons. The molecular formula is C24H20O3. The third-order valence-electron chi connectivity index (χ3n) is 4.90. The molecule has 0 saturated carbocycles. The van der Waals surface area contributed by atoms with Gasteiger partial charge in [0.05, 0.1) is 0 Å². The molecule has 0 saturated heterocycles. The third-order valence-corrected chi connectivity index (χ3v) is 4.90. The first-order valence-corrected chi connectivity index (χ1v) is 8.86. The largest absolute Gasteiger partial charge is 0.508 e. The van der Waals surface area contributed by atoms with Crippen molar-refractivity contribution < 1.29 is 15.3 Å². The van der Waals surface area contributed by atoms with Crippen LogP contribution in [0.3, 0.4) is 0 Å². The molecule has 1 aliphatic rings. The van der Waals surface area contributed by atoms with Crippen molar-refractivity contribution in [3.8, 4) is 33.8 Å². The van der Waals surface area contributed by atoms with E-state index in [2.05, 4.69) is 0 Å². The van der Waals surface area contributed by atoms with E-state index in [1.54, 1.807) is 24.3 Å². The van der Waals surface area contributed by atoms with Crippen molar-refractivity contribution >= 4 is 0 Å². The molecule has 3 nitrogen and oxygen atoms in total. The summed E-state index contributed by atoms with van der Waals surface area (Å²) in [5.74, 6) is 0.406. The zero-order valence-corrected chi connectivity index (χ0v) is 14.7. The summed E-state index contributed by atoms with van der Waals surface area (Å²) < 4.78 is 0. The molecule has 0 aromatic heterocycles. The highest BCUT2D eigenvalue weighted by molar-refractivity contribution is 5.81. The summed E-state index contributed by atoms with van der Waals surface area (Å²) >= 11 is 0. The Hall–Kier alpha value is -3.30. The molecule has 3 aromatic rings. The van der Waals surface area contributed by atoms with E-state index >= 15 is 0 Å². The molecule has 0 fully saturated rings. The van der Waals surface area contributed by atoms with Gasteiger partial charge in [-0.2, -0.15) is 0 Å². The van der Waals surface area contributed by atoms with Crippen LogP contribution in [0.2, 0.25) is 0 Å². The van der Waals surface area contributed by atoms with Crippen LogP contribution in [0, 0.1) is 0 Å². The van der Waals surface area contributed by atoms with Crippen LogP contribution in [0.5, 0.6) is 11.5 Å². The van der Waals surface area contributed by atoms with Gasteiger partial charge in [-0.25, -0.2) is 0 Å². The number of rotatable bonds is 3. The molecule has 0 bridgehead atoms. The predicted octanol–water partition coefficient (Wildman–Crippen LogP) is 5.14.